The highest BCUT2D eigenvalue weighted by Gasteiger charge is 2.23. The van der Waals surface area contributed by atoms with E-state index in [-0.39, 0.29) is 5.91 Å². The Morgan fingerprint density at radius 1 is 1.03 bits per heavy atom. The first-order chi connectivity index (χ1) is 14.1. The number of pyridine rings is 1. The Labute approximate surface area is 177 Å². The van der Waals surface area contributed by atoms with Gasteiger partial charge in [-0.25, -0.2) is 4.98 Å². The Hall–Kier alpha value is -1.89. The van der Waals surface area contributed by atoms with Gasteiger partial charge in [-0.1, -0.05) is 11.6 Å². The molecule has 0 N–H and O–H groups in total. The smallest absolute Gasteiger partial charge is 0.236 e. The van der Waals surface area contributed by atoms with Crippen molar-refractivity contribution in [1.82, 2.24) is 19.7 Å². The van der Waals surface area contributed by atoms with E-state index in [1.807, 2.05) is 23.1 Å². The van der Waals surface area contributed by atoms with Gasteiger partial charge in [0.2, 0.25) is 5.91 Å². The second-order valence-electron chi connectivity index (χ2n) is 7.99. The maximum absolute atomic E-state index is 12.5. The van der Waals surface area contributed by atoms with E-state index < -0.39 is 0 Å². The number of hydrogen-bond donors (Lipinski definition) is 0. The lowest BCUT2D eigenvalue weighted by Crippen LogP contribution is -2.50. The molecule has 0 bridgehead atoms. The van der Waals surface area contributed by atoms with Crippen molar-refractivity contribution < 1.29 is 9.53 Å². The van der Waals surface area contributed by atoms with Gasteiger partial charge in [0, 0.05) is 62.8 Å². The number of hydrogen-bond acceptors (Lipinski definition) is 5. The number of rotatable bonds is 5. The molecule has 29 heavy (non-hydrogen) atoms. The summed E-state index contributed by atoms with van der Waals surface area (Å²) >= 11 is 6.46. The summed E-state index contributed by atoms with van der Waals surface area (Å²) in [6, 6.07) is 7.99. The van der Waals surface area contributed by atoms with Gasteiger partial charge >= 0.3 is 0 Å². The molecule has 1 amide bonds. The number of fused-ring (bicyclic) bond motifs is 1. The van der Waals surface area contributed by atoms with E-state index in [0.717, 1.165) is 80.9 Å². The zero-order valence-corrected chi connectivity index (χ0v) is 17.8. The number of aromatic nitrogens is 1. The van der Waals surface area contributed by atoms with Crippen LogP contribution in [-0.4, -0.2) is 78.5 Å². The number of ether oxygens (including phenoxy) is 1. The van der Waals surface area contributed by atoms with E-state index >= 15 is 0 Å². The maximum atomic E-state index is 12.5. The summed E-state index contributed by atoms with van der Waals surface area (Å²) in [7, 11) is 1.65. The van der Waals surface area contributed by atoms with Gasteiger partial charge in [0.1, 0.15) is 10.9 Å². The van der Waals surface area contributed by atoms with Gasteiger partial charge in [-0.15, -0.1) is 0 Å². The Balaban J connectivity index is 1.32. The number of likely N-dealkylation sites (tertiary alicyclic amines) is 1. The van der Waals surface area contributed by atoms with Gasteiger partial charge in [0.25, 0.3) is 0 Å². The second-order valence-corrected chi connectivity index (χ2v) is 8.35. The van der Waals surface area contributed by atoms with Gasteiger partial charge in [0.05, 0.1) is 19.2 Å². The molecule has 156 valence electrons. The Morgan fingerprint density at radius 2 is 1.76 bits per heavy atom. The van der Waals surface area contributed by atoms with Crippen LogP contribution in [-0.2, 0) is 11.3 Å². The molecule has 1 aromatic heterocycles. The third-order valence-corrected chi connectivity index (χ3v) is 6.30. The summed E-state index contributed by atoms with van der Waals surface area (Å²) in [5.74, 6) is 1.07. The molecule has 2 saturated heterocycles. The molecule has 2 aliphatic rings. The molecule has 0 spiro atoms. The molecule has 0 aliphatic carbocycles. The monoisotopic (exact) mass is 416 g/mol. The highest BCUT2D eigenvalue weighted by Crippen LogP contribution is 2.25. The zero-order chi connectivity index (χ0) is 20.2. The van der Waals surface area contributed by atoms with E-state index in [0.29, 0.717) is 11.7 Å². The number of nitrogens with zero attached hydrogens (tertiary/aromatic N) is 4. The molecule has 4 rings (SSSR count). The van der Waals surface area contributed by atoms with Crippen molar-refractivity contribution in [3.63, 3.8) is 0 Å². The normalized spacial score (nSPS) is 18.9. The number of carbonyl (C=O) groups is 1. The van der Waals surface area contributed by atoms with Gasteiger partial charge in [-0.2, -0.15) is 0 Å². The predicted octanol–water partition coefficient (Wildman–Crippen LogP) is 3.03. The zero-order valence-electron chi connectivity index (χ0n) is 17.1. The lowest BCUT2D eigenvalue weighted by atomic mass is 10.1. The molecule has 2 fully saturated rings. The average Bonchev–Trinajstić information content (AvgIpc) is 2.76. The van der Waals surface area contributed by atoms with Gasteiger partial charge in [0.15, 0.2) is 0 Å². The molecule has 3 heterocycles. The quantitative estimate of drug-likeness (QED) is 0.701. The summed E-state index contributed by atoms with van der Waals surface area (Å²) in [6.45, 7) is 6.88. The fourth-order valence-corrected chi connectivity index (χ4v) is 4.39. The fourth-order valence-electron chi connectivity index (χ4n) is 4.19. The molecule has 0 atom stereocenters. The summed E-state index contributed by atoms with van der Waals surface area (Å²) in [5, 5.41) is 1.62. The van der Waals surface area contributed by atoms with Crippen LogP contribution < -0.4 is 4.74 Å². The van der Waals surface area contributed by atoms with Crippen LogP contribution in [0.15, 0.2) is 24.3 Å². The summed E-state index contributed by atoms with van der Waals surface area (Å²) < 4.78 is 5.27. The van der Waals surface area contributed by atoms with Crippen LogP contribution in [0.5, 0.6) is 5.75 Å². The SMILES string of the molecule is COc1ccc2cc(CN3CCN(CC(=O)N4CCCCC4)CC3)c(Cl)nc2c1. The number of halogens is 1. The van der Waals surface area contributed by atoms with Crippen LogP contribution in [0.4, 0.5) is 0 Å². The van der Waals surface area contributed by atoms with E-state index in [1.165, 1.54) is 6.42 Å². The molecular weight excluding hydrogens is 388 g/mol. The third-order valence-electron chi connectivity index (χ3n) is 5.98. The second kappa shape index (κ2) is 9.28. The van der Waals surface area contributed by atoms with Crippen molar-refractivity contribution in [3.8, 4) is 5.75 Å². The molecule has 0 radical (unpaired) electrons. The molecule has 2 aliphatic heterocycles. The number of amides is 1. The minimum absolute atomic E-state index is 0.287. The van der Waals surface area contributed by atoms with Crippen molar-refractivity contribution in [3.05, 3.63) is 35.0 Å². The first kappa shape index (κ1) is 20.4. The molecule has 0 unspecified atom stereocenters. The number of benzene rings is 1. The van der Waals surface area contributed by atoms with Crippen LogP contribution in [0.1, 0.15) is 24.8 Å². The van der Waals surface area contributed by atoms with Gasteiger partial charge in [-0.3, -0.25) is 14.6 Å². The summed E-state index contributed by atoms with van der Waals surface area (Å²) in [5.41, 5.74) is 1.89. The minimum Gasteiger partial charge on any atom is -0.497 e. The van der Waals surface area contributed by atoms with Crippen LogP contribution in [0.2, 0.25) is 5.15 Å². The van der Waals surface area contributed by atoms with Crippen LogP contribution >= 0.6 is 11.6 Å². The lowest BCUT2D eigenvalue weighted by Gasteiger charge is -2.36. The fraction of sp³-hybridized carbons (Fsp3) is 0.545. The standard InChI is InChI=1S/C22H29ClN4O2/c1-29-19-6-5-17-13-18(22(23)24-20(17)14-19)15-25-9-11-26(12-10-25)16-21(28)27-7-3-2-4-8-27/h5-6,13-14H,2-4,7-12,15-16H2,1H3. The highest BCUT2D eigenvalue weighted by atomic mass is 35.5. The Kier molecular flexibility index (Phi) is 6.53. The third kappa shape index (κ3) is 5.00. The highest BCUT2D eigenvalue weighted by molar-refractivity contribution is 6.30. The topological polar surface area (TPSA) is 48.9 Å². The van der Waals surface area contributed by atoms with Crippen LogP contribution in [0, 0.1) is 0 Å². The van der Waals surface area contributed by atoms with E-state index in [1.54, 1.807) is 7.11 Å². The number of piperazine rings is 1. The predicted molar refractivity (Wildman–Crippen MR) is 115 cm³/mol. The van der Waals surface area contributed by atoms with Crippen LogP contribution in [0.25, 0.3) is 10.9 Å². The van der Waals surface area contributed by atoms with Crippen molar-refractivity contribution in [1.29, 1.82) is 0 Å². The average molecular weight is 417 g/mol. The van der Waals surface area contributed by atoms with E-state index in [4.69, 9.17) is 16.3 Å². The van der Waals surface area contributed by atoms with Gasteiger partial charge in [-0.05, 0) is 37.5 Å². The number of methoxy groups -OCH3 is 1. The molecular formula is C22H29ClN4O2. The first-order valence-electron chi connectivity index (χ1n) is 10.5. The lowest BCUT2D eigenvalue weighted by molar-refractivity contribution is -0.133. The number of piperidine rings is 1. The van der Waals surface area contributed by atoms with Crippen molar-refractivity contribution in [2.45, 2.75) is 25.8 Å². The summed E-state index contributed by atoms with van der Waals surface area (Å²) in [4.78, 5) is 23.7. The maximum Gasteiger partial charge on any atom is 0.236 e. The minimum atomic E-state index is 0.287. The molecule has 1 aromatic carbocycles. The Bertz CT molecular complexity index is 861. The number of carbonyl (C=O) groups excluding carboxylic acids is 1. The first-order valence-corrected chi connectivity index (χ1v) is 10.9. The van der Waals surface area contributed by atoms with Crippen molar-refractivity contribution >= 4 is 28.4 Å². The van der Waals surface area contributed by atoms with E-state index in [2.05, 4.69) is 20.9 Å². The van der Waals surface area contributed by atoms with Crippen LogP contribution in [0.3, 0.4) is 0 Å². The summed E-state index contributed by atoms with van der Waals surface area (Å²) in [6.07, 6.45) is 3.54. The largest absolute Gasteiger partial charge is 0.497 e. The molecule has 2 aromatic rings. The van der Waals surface area contributed by atoms with Crippen molar-refractivity contribution in [2.75, 3.05) is 52.9 Å². The molecule has 7 heteroatoms. The molecule has 6 nitrogen and oxygen atoms in total. The van der Waals surface area contributed by atoms with Gasteiger partial charge < -0.3 is 9.64 Å². The van der Waals surface area contributed by atoms with E-state index in [9.17, 15) is 4.79 Å². The molecule has 0 saturated carbocycles. The van der Waals surface area contributed by atoms with Crippen molar-refractivity contribution in [2.24, 2.45) is 0 Å². The Morgan fingerprint density at radius 3 is 2.48 bits per heavy atom.